The van der Waals surface area contributed by atoms with Crippen molar-refractivity contribution in [3.05, 3.63) is 35.9 Å². The number of hydrogen-bond donors (Lipinski definition) is 1. The van der Waals surface area contributed by atoms with Crippen molar-refractivity contribution >= 4 is 5.97 Å². The van der Waals surface area contributed by atoms with Crippen LogP contribution in [0.5, 0.6) is 0 Å². The maximum Gasteiger partial charge on any atom is 0.303 e. The Morgan fingerprint density at radius 2 is 1.71 bits per heavy atom. The van der Waals surface area contributed by atoms with Gasteiger partial charge in [-0.05, 0) is 26.2 Å². The molecule has 3 heteroatoms. The molecule has 0 spiro atoms. The average Bonchev–Trinajstić information content (AvgIpc) is 2.45. The highest BCUT2D eigenvalue weighted by Gasteiger charge is 2.51. The number of benzene rings is 1. The minimum Gasteiger partial charge on any atom is -0.448 e. The topological polar surface area (TPSA) is 30.7 Å². The van der Waals surface area contributed by atoms with E-state index >= 15 is 0 Å². The largest absolute Gasteiger partial charge is 0.448 e. The number of esters is 1. The average molecular weight is 333 g/mol. The van der Waals surface area contributed by atoms with Crippen LogP contribution in [0.3, 0.4) is 0 Å². The highest BCUT2D eigenvalue weighted by molar-refractivity contribution is 5.67. The van der Waals surface area contributed by atoms with Crippen molar-refractivity contribution in [2.24, 2.45) is 11.3 Å². The molecule has 24 heavy (non-hydrogen) atoms. The third-order valence-corrected chi connectivity index (χ3v) is 5.49. The van der Waals surface area contributed by atoms with Crippen LogP contribution in [0.15, 0.2) is 30.3 Å². The van der Waals surface area contributed by atoms with Gasteiger partial charge in [-0.3, -0.25) is 4.79 Å². The van der Waals surface area contributed by atoms with E-state index in [9.17, 15) is 4.79 Å². The molecule has 1 saturated heterocycles. The zero-order chi connectivity index (χ0) is 18.2. The van der Waals surface area contributed by atoms with Gasteiger partial charge in [-0.15, -0.1) is 0 Å². The minimum absolute atomic E-state index is 0.115. The Morgan fingerprint density at radius 3 is 2.17 bits per heavy atom. The summed E-state index contributed by atoms with van der Waals surface area (Å²) >= 11 is 0. The molecule has 0 amide bonds. The molecule has 1 aliphatic heterocycles. The van der Waals surface area contributed by atoms with Crippen LogP contribution >= 0.6 is 0 Å². The van der Waals surface area contributed by atoms with Gasteiger partial charge in [-0.25, -0.2) is 0 Å². The lowest BCUT2D eigenvalue weighted by Crippen LogP contribution is -3.22. The van der Waals surface area contributed by atoms with E-state index in [1.54, 1.807) is 0 Å². The summed E-state index contributed by atoms with van der Waals surface area (Å²) in [5.41, 5.74) is 0.878. The maximum absolute atomic E-state index is 12.0. The number of nitrogens with one attached hydrogen (secondary N) is 1. The zero-order valence-corrected chi connectivity index (χ0v) is 16.4. The fourth-order valence-electron chi connectivity index (χ4n) is 3.81. The second kappa shape index (κ2) is 6.51. The molecule has 0 saturated carbocycles. The number of quaternary nitrogens is 1. The standard InChI is InChI=1S/C21H33NO2/c1-16(23)24-21(17-11-9-8-10-12-17)13-18(19(2,3)4)14-22(15-21)20(5,6)7/h8-12,18H,13-15H2,1-7H3/p+1/t18-,21+/m0/s1. The normalized spacial score (nSPS) is 28.5. The maximum atomic E-state index is 12.0. The molecule has 0 radical (unpaired) electrons. The molecule has 1 unspecified atom stereocenters. The summed E-state index contributed by atoms with van der Waals surface area (Å²) in [5.74, 6) is 0.293. The van der Waals surface area contributed by atoms with Crippen molar-refractivity contribution in [3.63, 3.8) is 0 Å². The first kappa shape index (κ1) is 19.0. The first-order chi connectivity index (χ1) is 10.9. The van der Waals surface area contributed by atoms with Gasteiger partial charge in [0.2, 0.25) is 0 Å². The number of carbonyl (C=O) groups is 1. The van der Waals surface area contributed by atoms with Crippen LogP contribution in [0.1, 0.15) is 60.5 Å². The minimum atomic E-state index is -0.536. The quantitative estimate of drug-likeness (QED) is 0.843. The van der Waals surface area contributed by atoms with E-state index in [0.29, 0.717) is 5.92 Å². The lowest BCUT2D eigenvalue weighted by Gasteiger charge is -2.50. The smallest absolute Gasteiger partial charge is 0.303 e. The first-order valence-corrected chi connectivity index (χ1v) is 9.04. The Bertz CT molecular complexity index is 544. The first-order valence-electron chi connectivity index (χ1n) is 9.04. The van der Waals surface area contributed by atoms with Crippen LogP contribution in [0, 0.1) is 11.3 Å². The van der Waals surface area contributed by atoms with Crippen molar-refractivity contribution in [1.82, 2.24) is 0 Å². The second-order valence-electron chi connectivity index (χ2n) is 9.46. The summed E-state index contributed by atoms with van der Waals surface area (Å²) in [5, 5.41) is 0. The highest BCUT2D eigenvalue weighted by atomic mass is 16.6. The third-order valence-electron chi connectivity index (χ3n) is 5.49. The monoisotopic (exact) mass is 332 g/mol. The van der Waals surface area contributed by atoms with Crippen molar-refractivity contribution in [3.8, 4) is 0 Å². The van der Waals surface area contributed by atoms with Gasteiger partial charge in [0.1, 0.15) is 6.54 Å². The lowest BCUT2D eigenvalue weighted by atomic mass is 9.69. The summed E-state index contributed by atoms with van der Waals surface area (Å²) in [6.07, 6.45) is 0.889. The number of carbonyl (C=O) groups excluding carboxylic acids is 1. The molecular formula is C21H34NO2+. The van der Waals surface area contributed by atoms with E-state index in [0.717, 1.165) is 25.1 Å². The van der Waals surface area contributed by atoms with E-state index in [-0.39, 0.29) is 16.9 Å². The molecule has 1 N–H and O–H groups in total. The van der Waals surface area contributed by atoms with Gasteiger partial charge < -0.3 is 9.64 Å². The number of ether oxygens (including phenoxy) is 1. The van der Waals surface area contributed by atoms with E-state index in [1.165, 1.54) is 11.8 Å². The Hall–Kier alpha value is -1.35. The molecule has 0 aromatic heterocycles. The Labute approximate surface area is 147 Å². The van der Waals surface area contributed by atoms with Crippen LogP contribution in [-0.4, -0.2) is 24.6 Å². The summed E-state index contributed by atoms with van der Waals surface area (Å²) in [6.45, 7) is 17.2. The molecule has 3 atom stereocenters. The molecule has 1 aliphatic rings. The van der Waals surface area contributed by atoms with Crippen molar-refractivity contribution in [1.29, 1.82) is 0 Å². The molecule has 0 aliphatic carbocycles. The van der Waals surface area contributed by atoms with E-state index < -0.39 is 5.60 Å². The van der Waals surface area contributed by atoms with Gasteiger partial charge in [-0.1, -0.05) is 51.1 Å². The van der Waals surface area contributed by atoms with Gasteiger partial charge in [0.25, 0.3) is 0 Å². The van der Waals surface area contributed by atoms with Gasteiger partial charge >= 0.3 is 5.97 Å². The summed E-state index contributed by atoms with van der Waals surface area (Å²) in [4.78, 5) is 13.5. The Morgan fingerprint density at radius 1 is 1.12 bits per heavy atom. The molecule has 1 aromatic rings. The molecule has 1 fully saturated rings. The lowest BCUT2D eigenvalue weighted by molar-refractivity contribution is -0.962. The summed E-state index contributed by atoms with van der Waals surface area (Å²) in [6, 6.07) is 10.3. The van der Waals surface area contributed by atoms with Crippen LogP contribution in [-0.2, 0) is 15.1 Å². The number of hydrogen-bond acceptors (Lipinski definition) is 2. The van der Waals surface area contributed by atoms with Crippen molar-refractivity contribution < 1.29 is 14.4 Å². The van der Waals surface area contributed by atoms with Crippen molar-refractivity contribution in [2.45, 2.75) is 66.0 Å². The molecule has 1 heterocycles. The molecule has 3 nitrogen and oxygen atoms in total. The molecule has 1 aromatic carbocycles. The van der Waals surface area contributed by atoms with Crippen molar-refractivity contribution in [2.75, 3.05) is 13.1 Å². The molecular weight excluding hydrogens is 298 g/mol. The fourth-order valence-corrected chi connectivity index (χ4v) is 3.81. The van der Waals surface area contributed by atoms with Crippen LogP contribution in [0.25, 0.3) is 0 Å². The number of likely N-dealkylation sites (tertiary alicyclic amines) is 1. The van der Waals surface area contributed by atoms with Gasteiger partial charge in [-0.2, -0.15) is 0 Å². The summed E-state index contributed by atoms with van der Waals surface area (Å²) < 4.78 is 6.06. The molecule has 2 rings (SSSR count). The number of piperidine rings is 1. The molecule has 0 bridgehead atoms. The zero-order valence-electron chi connectivity index (χ0n) is 16.4. The highest BCUT2D eigenvalue weighted by Crippen LogP contribution is 2.40. The Balaban J connectivity index is 2.52. The number of rotatable bonds is 2. The predicted octanol–water partition coefficient (Wildman–Crippen LogP) is 3.19. The predicted molar refractivity (Wildman–Crippen MR) is 97.9 cm³/mol. The van der Waals surface area contributed by atoms with Gasteiger partial charge in [0.05, 0.1) is 12.1 Å². The van der Waals surface area contributed by atoms with Gasteiger partial charge in [0, 0.05) is 24.8 Å². The molecule has 134 valence electrons. The van der Waals surface area contributed by atoms with Crippen LogP contribution in [0.2, 0.25) is 0 Å². The van der Waals surface area contributed by atoms with E-state index in [2.05, 4.69) is 53.7 Å². The SMILES string of the molecule is CC(=O)O[C@]1(c2ccccc2)C[C@H](C(C)(C)C)C[NH+](C(C)(C)C)C1. The van der Waals surface area contributed by atoms with Crippen LogP contribution < -0.4 is 4.90 Å². The van der Waals surface area contributed by atoms with Crippen LogP contribution in [0.4, 0.5) is 0 Å². The Kier molecular flexibility index (Phi) is 5.15. The fraction of sp³-hybridized carbons (Fsp3) is 0.667. The third kappa shape index (κ3) is 4.18. The van der Waals surface area contributed by atoms with E-state index in [4.69, 9.17) is 4.74 Å². The van der Waals surface area contributed by atoms with E-state index in [1.807, 2.05) is 18.2 Å². The van der Waals surface area contributed by atoms with Gasteiger partial charge in [0.15, 0.2) is 5.60 Å². The second-order valence-corrected chi connectivity index (χ2v) is 9.46. The summed E-state index contributed by atoms with van der Waals surface area (Å²) in [7, 11) is 0.